The molecular formula is C11H11ClN2OS. The van der Waals surface area contributed by atoms with Gasteiger partial charge in [0.2, 0.25) is 0 Å². The molecule has 2 aromatic rings. The zero-order chi connectivity index (χ0) is 11.5. The van der Waals surface area contributed by atoms with Crippen molar-refractivity contribution in [3.8, 4) is 16.3 Å². The zero-order valence-electron chi connectivity index (χ0n) is 9.03. The van der Waals surface area contributed by atoms with Gasteiger partial charge in [0, 0.05) is 0 Å². The quantitative estimate of drug-likeness (QED) is 0.789. The van der Waals surface area contributed by atoms with Crippen LogP contribution in [0, 0.1) is 6.92 Å². The first-order chi connectivity index (χ1) is 7.74. The highest BCUT2D eigenvalue weighted by Crippen LogP contribution is 2.33. The molecule has 0 unspecified atom stereocenters. The van der Waals surface area contributed by atoms with Gasteiger partial charge in [0.25, 0.3) is 0 Å². The molecule has 0 aliphatic heterocycles. The molecule has 1 aromatic carbocycles. The molecule has 0 N–H and O–H groups in total. The molecule has 3 nitrogen and oxygen atoms in total. The molecule has 0 saturated heterocycles. The number of rotatable bonds is 3. The number of methoxy groups -OCH3 is 1. The SMILES string of the molecule is COc1ccc(C)cc1-c1nnc(CCl)s1. The summed E-state index contributed by atoms with van der Waals surface area (Å²) in [4.78, 5) is 0. The van der Waals surface area contributed by atoms with E-state index in [0.717, 1.165) is 21.3 Å². The Balaban J connectivity index is 2.49. The fraction of sp³-hybridized carbons (Fsp3) is 0.273. The number of aryl methyl sites for hydroxylation is 1. The summed E-state index contributed by atoms with van der Waals surface area (Å²) >= 11 is 7.20. The van der Waals surface area contributed by atoms with Gasteiger partial charge in [-0.15, -0.1) is 21.8 Å². The van der Waals surface area contributed by atoms with E-state index in [4.69, 9.17) is 16.3 Å². The van der Waals surface area contributed by atoms with Crippen LogP contribution in [0.2, 0.25) is 0 Å². The van der Waals surface area contributed by atoms with Crippen LogP contribution in [0.4, 0.5) is 0 Å². The lowest BCUT2D eigenvalue weighted by Crippen LogP contribution is -1.88. The molecule has 84 valence electrons. The highest BCUT2D eigenvalue weighted by molar-refractivity contribution is 7.14. The van der Waals surface area contributed by atoms with Gasteiger partial charge in [-0.25, -0.2) is 0 Å². The summed E-state index contributed by atoms with van der Waals surface area (Å²) in [5.41, 5.74) is 2.13. The maximum atomic E-state index is 5.71. The molecule has 0 bridgehead atoms. The molecule has 0 amide bonds. The number of hydrogen-bond donors (Lipinski definition) is 0. The van der Waals surface area contributed by atoms with Crippen molar-refractivity contribution in [3.63, 3.8) is 0 Å². The maximum Gasteiger partial charge on any atom is 0.151 e. The monoisotopic (exact) mass is 254 g/mol. The van der Waals surface area contributed by atoms with Gasteiger partial charge in [-0.1, -0.05) is 23.0 Å². The van der Waals surface area contributed by atoms with E-state index in [-0.39, 0.29) is 0 Å². The van der Waals surface area contributed by atoms with Crippen LogP contribution in [0.25, 0.3) is 10.6 Å². The van der Waals surface area contributed by atoms with E-state index in [9.17, 15) is 0 Å². The predicted molar refractivity (Wildman–Crippen MR) is 66.2 cm³/mol. The zero-order valence-corrected chi connectivity index (χ0v) is 10.6. The minimum Gasteiger partial charge on any atom is -0.496 e. The Bertz CT molecular complexity index is 498. The Morgan fingerprint density at radius 2 is 2.19 bits per heavy atom. The minimum absolute atomic E-state index is 0.395. The number of aromatic nitrogens is 2. The molecule has 0 spiro atoms. The molecule has 0 saturated carbocycles. The maximum absolute atomic E-state index is 5.71. The smallest absolute Gasteiger partial charge is 0.151 e. The van der Waals surface area contributed by atoms with Crippen molar-refractivity contribution in [1.29, 1.82) is 0 Å². The van der Waals surface area contributed by atoms with Crippen LogP contribution in [0.15, 0.2) is 18.2 Å². The molecule has 1 heterocycles. The molecule has 2 rings (SSSR count). The number of halogens is 1. The first-order valence-electron chi connectivity index (χ1n) is 4.78. The van der Waals surface area contributed by atoms with Crippen molar-refractivity contribution in [2.24, 2.45) is 0 Å². The minimum atomic E-state index is 0.395. The van der Waals surface area contributed by atoms with Crippen molar-refractivity contribution in [3.05, 3.63) is 28.8 Å². The van der Waals surface area contributed by atoms with E-state index in [0.29, 0.717) is 5.88 Å². The summed E-state index contributed by atoms with van der Waals surface area (Å²) in [5.74, 6) is 1.20. The van der Waals surface area contributed by atoms with E-state index >= 15 is 0 Å². The molecule has 1 aromatic heterocycles. The van der Waals surface area contributed by atoms with Crippen LogP contribution in [0.3, 0.4) is 0 Å². The molecule has 5 heteroatoms. The standard InChI is InChI=1S/C11H11ClN2OS/c1-7-3-4-9(15-2)8(5-7)11-14-13-10(6-12)16-11/h3-5H,6H2,1-2H3. The van der Waals surface area contributed by atoms with Gasteiger partial charge in [-0.2, -0.15) is 0 Å². The Morgan fingerprint density at radius 1 is 1.38 bits per heavy atom. The molecular weight excluding hydrogens is 244 g/mol. The lowest BCUT2D eigenvalue weighted by Gasteiger charge is -2.05. The number of alkyl halides is 1. The van der Waals surface area contributed by atoms with Gasteiger partial charge in [-0.3, -0.25) is 0 Å². The van der Waals surface area contributed by atoms with Crippen molar-refractivity contribution in [2.45, 2.75) is 12.8 Å². The first-order valence-corrected chi connectivity index (χ1v) is 6.13. The lowest BCUT2D eigenvalue weighted by atomic mass is 10.1. The molecule has 16 heavy (non-hydrogen) atoms. The number of nitrogens with zero attached hydrogens (tertiary/aromatic N) is 2. The fourth-order valence-corrected chi connectivity index (χ4v) is 2.33. The highest BCUT2D eigenvalue weighted by atomic mass is 35.5. The third-order valence-corrected chi connectivity index (χ3v) is 3.53. The molecule has 0 atom stereocenters. The third-order valence-electron chi connectivity index (χ3n) is 2.17. The second-order valence-corrected chi connectivity index (χ2v) is 4.67. The Kier molecular flexibility index (Phi) is 3.41. The summed E-state index contributed by atoms with van der Waals surface area (Å²) in [5, 5.41) is 9.77. The largest absolute Gasteiger partial charge is 0.496 e. The molecule has 0 aliphatic rings. The van der Waals surface area contributed by atoms with Gasteiger partial charge >= 0.3 is 0 Å². The highest BCUT2D eigenvalue weighted by Gasteiger charge is 2.11. The number of ether oxygens (including phenoxy) is 1. The summed E-state index contributed by atoms with van der Waals surface area (Å²) in [7, 11) is 1.65. The van der Waals surface area contributed by atoms with Crippen molar-refractivity contribution in [2.75, 3.05) is 7.11 Å². The van der Waals surface area contributed by atoms with Crippen LogP contribution < -0.4 is 4.74 Å². The summed E-state index contributed by atoms with van der Waals surface area (Å²) in [6.45, 7) is 2.03. The Morgan fingerprint density at radius 3 is 2.81 bits per heavy atom. The van der Waals surface area contributed by atoms with Crippen molar-refractivity contribution < 1.29 is 4.74 Å². The average Bonchev–Trinajstić information content (AvgIpc) is 2.77. The van der Waals surface area contributed by atoms with E-state index in [1.165, 1.54) is 16.9 Å². The van der Waals surface area contributed by atoms with Gasteiger partial charge in [0.15, 0.2) is 5.01 Å². The Labute approximate surface area is 103 Å². The molecule has 0 fully saturated rings. The summed E-state index contributed by atoms with van der Waals surface area (Å²) in [6.07, 6.45) is 0. The number of hydrogen-bond acceptors (Lipinski definition) is 4. The second kappa shape index (κ2) is 4.80. The molecule has 0 radical (unpaired) electrons. The van der Waals surface area contributed by atoms with Crippen LogP contribution in [0.1, 0.15) is 10.6 Å². The molecule has 0 aliphatic carbocycles. The van der Waals surface area contributed by atoms with E-state index in [1.54, 1.807) is 7.11 Å². The van der Waals surface area contributed by atoms with Crippen LogP contribution in [-0.4, -0.2) is 17.3 Å². The normalized spacial score (nSPS) is 10.4. The summed E-state index contributed by atoms with van der Waals surface area (Å²) < 4.78 is 5.30. The van der Waals surface area contributed by atoms with Crippen molar-refractivity contribution in [1.82, 2.24) is 10.2 Å². The van der Waals surface area contributed by atoms with E-state index in [1.807, 2.05) is 25.1 Å². The number of benzene rings is 1. The van der Waals surface area contributed by atoms with Crippen molar-refractivity contribution >= 4 is 22.9 Å². The topological polar surface area (TPSA) is 35.0 Å². The predicted octanol–water partition coefficient (Wildman–Crippen LogP) is 3.26. The van der Waals surface area contributed by atoms with Crippen LogP contribution in [0.5, 0.6) is 5.75 Å². The third kappa shape index (κ3) is 2.18. The fourth-order valence-electron chi connectivity index (χ4n) is 1.41. The van der Waals surface area contributed by atoms with Gasteiger partial charge in [0.05, 0.1) is 18.6 Å². The van der Waals surface area contributed by atoms with Gasteiger partial charge < -0.3 is 4.74 Å². The van der Waals surface area contributed by atoms with Gasteiger partial charge in [0.1, 0.15) is 10.8 Å². The second-order valence-electron chi connectivity index (χ2n) is 3.34. The first kappa shape index (κ1) is 11.4. The average molecular weight is 255 g/mol. The van der Waals surface area contributed by atoms with Crippen LogP contribution >= 0.6 is 22.9 Å². The van der Waals surface area contributed by atoms with E-state index in [2.05, 4.69) is 10.2 Å². The summed E-state index contributed by atoms with van der Waals surface area (Å²) in [6, 6.07) is 5.98. The van der Waals surface area contributed by atoms with Gasteiger partial charge in [-0.05, 0) is 19.1 Å². The van der Waals surface area contributed by atoms with Crippen LogP contribution in [-0.2, 0) is 5.88 Å². The van der Waals surface area contributed by atoms with E-state index < -0.39 is 0 Å². The lowest BCUT2D eigenvalue weighted by molar-refractivity contribution is 0.416. The Hall–Kier alpha value is -1.13.